The lowest BCUT2D eigenvalue weighted by Gasteiger charge is -2.40. The van der Waals surface area contributed by atoms with E-state index in [4.69, 9.17) is 12.2 Å². The van der Waals surface area contributed by atoms with E-state index in [2.05, 4.69) is 5.32 Å². The third kappa shape index (κ3) is 2.57. The third-order valence-electron chi connectivity index (χ3n) is 3.29. The van der Waals surface area contributed by atoms with Crippen LogP contribution in [0.25, 0.3) is 0 Å². The van der Waals surface area contributed by atoms with Gasteiger partial charge in [-0.1, -0.05) is 6.92 Å². The zero-order chi connectivity index (χ0) is 15.1. The summed E-state index contributed by atoms with van der Waals surface area (Å²) in [6.45, 7) is 7.51. The second kappa shape index (κ2) is 5.58. The minimum Gasteiger partial charge on any atom is -0.332 e. The van der Waals surface area contributed by atoms with E-state index >= 15 is 0 Å². The molecule has 0 aromatic heterocycles. The molecule has 0 amide bonds. The van der Waals surface area contributed by atoms with Crippen molar-refractivity contribution in [1.82, 2.24) is 4.67 Å². The molecule has 0 saturated carbocycles. The molecule has 7 heteroatoms. The van der Waals surface area contributed by atoms with Gasteiger partial charge in [-0.2, -0.15) is 0 Å². The lowest BCUT2D eigenvalue weighted by molar-refractivity contribution is 0.483. The van der Waals surface area contributed by atoms with Crippen LogP contribution >= 0.6 is 19.5 Å². The summed E-state index contributed by atoms with van der Waals surface area (Å²) in [5.41, 5.74) is 0.759. The monoisotopic (exact) mass is 330 g/mol. The fourth-order valence-corrected chi connectivity index (χ4v) is 6.55. The van der Waals surface area contributed by atoms with Crippen LogP contribution in [0, 0.1) is 0 Å². The van der Waals surface area contributed by atoms with Crippen molar-refractivity contribution in [1.29, 1.82) is 0 Å². The van der Waals surface area contributed by atoms with Gasteiger partial charge in [0.1, 0.15) is 0 Å². The predicted octanol–water partition coefficient (Wildman–Crippen LogP) is 2.77. The number of hydrogen-bond acceptors (Lipinski definition) is 3. The van der Waals surface area contributed by atoms with E-state index in [1.54, 1.807) is 23.5 Å². The molecule has 1 aromatic rings. The van der Waals surface area contributed by atoms with Crippen molar-refractivity contribution in [3.8, 4) is 0 Å². The van der Waals surface area contributed by atoms with Crippen LogP contribution in [0.4, 0.5) is 5.69 Å². The van der Waals surface area contributed by atoms with Crippen LogP contribution in [0.5, 0.6) is 0 Å². The molecule has 0 aliphatic carbocycles. The first-order chi connectivity index (χ1) is 9.28. The number of rotatable bonds is 3. The Morgan fingerprint density at radius 3 is 2.65 bits per heavy atom. The van der Waals surface area contributed by atoms with Crippen LogP contribution in [-0.2, 0) is 15.4 Å². The second-order valence-corrected chi connectivity index (χ2v) is 9.86. The summed E-state index contributed by atoms with van der Waals surface area (Å²) in [4.78, 5) is 0.714. The minimum atomic E-state index is -2.78. The predicted molar refractivity (Wildman–Crippen MR) is 89.8 cm³/mol. The summed E-state index contributed by atoms with van der Waals surface area (Å²) in [7, 11) is -3.83. The first kappa shape index (κ1) is 15.7. The number of benzene rings is 1. The smallest absolute Gasteiger partial charge is 0.202 e. The van der Waals surface area contributed by atoms with Crippen molar-refractivity contribution in [3.63, 3.8) is 0 Å². The molecular formula is C13H19N2O2PS2. The molecule has 0 fully saturated rings. The van der Waals surface area contributed by atoms with Crippen molar-refractivity contribution in [3.05, 3.63) is 18.2 Å². The number of nitrogens with zero attached hydrogens (tertiary/aromatic N) is 1. The highest BCUT2D eigenvalue weighted by atomic mass is 32.2. The third-order valence-corrected chi connectivity index (χ3v) is 7.78. The van der Waals surface area contributed by atoms with Gasteiger partial charge in [-0.3, -0.25) is 13.4 Å². The van der Waals surface area contributed by atoms with Gasteiger partial charge in [-0.15, -0.1) is 0 Å². The molecule has 0 spiro atoms. The Morgan fingerprint density at radius 2 is 2.10 bits per heavy atom. The van der Waals surface area contributed by atoms with Gasteiger partial charge >= 0.3 is 0 Å². The normalized spacial score (nSPS) is 23.4. The molecule has 1 aliphatic heterocycles. The molecule has 110 valence electrons. The Labute approximate surface area is 127 Å². The molecular weight excluding hydrogens is 311 g/mol. The number of anilines is 1. The van der Waals surface area contributed by atoms with Crippen LogP contribution < -0.4 is 10.6 Å². The van der Waals surface area contributed by atoms with Gasteiger partial charge in [0.2, 0.25) is 7.29 Å². The molecule has 0 saturated heterocycles. The highest BCUT2D eigenvalue weighted by Gasteiger charge is 2.38. The zero-order valence-corrected chi connectivity index (χ0v) is 14.6. The summed E-state index contributed by atoms with van der Waals surface area (Å²) < 4.78 is 26.9. The molecule has 0 bridgehead atoms. The van der Waals surface area contributed by atoms with Gasteiger partial charge in [0.05, 0.1) is 21.8 Å². The number of hydrogen-bond donors (Lipinski definition) is 1. The molecule has 1 heterocycles. The lowest BCUT2D eigenvalue weighted by atomic mass is 10.3. The molecule has 2 unspecified atom stereocenters. The Kier molecular flexibility index (Phi) is 4.38. The van der Waals surface area contributed by atoms with E-state index in [0.29, 0.717) is 21.1 Å². The van der Waals surface area contributed by atoms with E-state index in [0.717, 1.165) is 5.69 Å². The van der Waals surface area contributed by atoms with Crippen molar-refractivity contribution in [2.45, 2.75) is 31.7 Å². The molecule has 0 radical (unpaired) electrons. The largest absolute Gasteiger partial charge is 0.332 e. The van der Waals surface area contributed by atoms with Gasteiger partial charge in [-0.05, 0) is 44.3 Å². The summed E-state index contributed by atoms with van der Waals surface area (Å²) >= 11 is 5.32. The minimum absolute atomic E-state index is 0.0410. The Morgan fingerprint density at radius 1 is 1.45 bits per heavy atom. The van der Waals surface area contributed by atoms with Gasteiger partial charge in [0, 0.05) is 23.4 Å². The zero-order valence-electron chi connectivity index (χ0n) is 12.0. The Hall–Kier alpha value is -0.710. The van der Waals surface area contributed by atoms with Crippen molar-refractivity contribution in [2.75, 3.05) is 17.7 Å². The van der Waals surface area contributed by atoms with Crippen molar-refractivity contribution in [2.24, 2.45) is 0 Å². The average Bonchev–Trinajstić information content (AvgIpc) is 2.36. The van der Waals surface area contributed by atoms with E-state index in [1.807, 2.05) is 26.8 Å². The highest BCUT2D eigenvalue weighted by Crippen LogP contribution is 2.51. The molecule has 1 aromatic carbocycles. The average molecular weight is 330 g/mol. The molecule has 2 atom stereocenters. The van der Waals surface area contributed by atoms with Gasteiger partial charge in [-0.25, -0.2) is 0 Å². The molecule has 1 aliphatic rings. The first-order valence-electron chi connectivity index (χ1n) is 6.50. The Balaban J connectivity index is 2.59. The SMILES string of the molecule is CCS(=O)c1ccc2c(c1)P(C)(=O)N(C(C)C)C(=S)N2. The fourth-order valence-electron chi connectivity index (χ4n) is 2.41. The number of thiocarbonyl (C=S) groups is 1. The van der Waals surface area contributed by atoms with E-state index in [-0.39, 0.29) is 6.04 Å². The standard InChI is InChI=1S/C13H19N2O2PS2/c1-5-20(17)10-6-7-11-12(8-10)18(4,16)15(9(2)3)13(19)14-11/h6-9H,5H2,1-4H3,(H,14,19). The molecule has 4 nitrogen and oxygen atoms in total. The van der Waals surface area contributed by atoms with Crippen LogP contribution in [0.3, 0.4) is 0 Å². The first-order valence-corrected chi connectivity index (χ1v) is 10.3. The van der Waals surface area contributed by atoms with E-state index in [1.165, 1.54) is 0 Å². The van der Waals surface area contributed by atoms with E-state index in [9.17, 15) is 8.77 Å². The van der Waals surface area contributed by atoms with Gasteiger partial charge < -0.3 is 5.32 Å². The van der Waals surface area contributed by atoms with Crippen LogP contribution in [0.2, 0.25) is 0 Å². The molecule has 2 rings (SSSR count). The summed E-state index contributed by atoms with van der Waals surface area (Å²) in [6, 6.07) is 5.46. The quantitative estimate of drug-likeness (QED) is 0.682. The lowest BCUT2D eigenvalue weighted by Crippen LogP contribution is -2.44. The van der Waals surface area contributed by atoms with Crippen LogP contribution in [0.1, 0.15) is 20.8 Å². The maximum Gasteiger partial charge on any atom is 0.202 e. The van der Waals surface area contributed by atoms with Crippen LogP contribution in [0.15, 0.2) is 23.1 Å². The second-order valence-electron chi connectivity index (χ2n) is 5.06. The van der Waals surface area contributed by atoms with Crippen molar-refractivity contribution >= 4 is 46.4 Å². The maximum absolute atomic E-state index is 13.2. The summed E-state index contributed by atoms with van der Waals surface area (Å²) in [5, 5.41) is 4.31. The number of nitrogens with one attached hydrogen (secondary N) is 1. The van der Waals surface area contributed by atoms with Gasteiger partial charge in [0.15, 0.2) is 5.11 Å². The van der Waals surface area contributed by atoms with Crippen LogP contribution in [-0.4, -0.2) is 32.5 Å². The highest BCUT2D eigenvalue weighted by molar-refractivity contribution is 7.85. The van der Waals surface area contributed by atoms with Gasteiger partial charge in [0.25, 0.3) is 0 Å². The summed E-state index contributed by atoms with van der Waals surface area (Å²) in [5.74, 6) is 0.548. The maximum atomic E-state index is 13.2. The fraction of sp³-hybridized carbons (Fsp3) is 0.462. The molecule has 20 heavy (non-hydrogen) atoms. The topological polar surface area (TPSA) is 49.4 Å². The summed E-state index contributed by atoms with van der Waals surface area (Å²) in [6.07, 6.45) is 0. The number of fused-ring (bicyclic) bond motifs is 1. The van der Waals surface area contributed by atoms with Crippen molar-refractivity contribution < 1.29 is 8.77 Å². The Bertz CT molecular complexity index is 631. The molecule has 1 N–H and O–H groups in total. The van der Waals surface area contributed by atoms with E-state index < -0.39 is 18.1 Å².